The van der Waals surface area contributed by atoms with Crippen LogP contribution in [0.5, 0.6) is 0 Å². The zero-order chi connectivity index (χ0) is 16.8. The first-order chi connectivity index (χ1) is 11.7. The summed E-state index contributed by atoms with van der Waals surface area (Å²) >= 11 is 0. The Kier molecular flexibility index (Phi) is 5.64. The van der Waals surface area contributed by atoms with Gasteiger partial charge in [0.2, 0.25) is 5.91 Å². The largest absolute Gasteiger partial charge is 0.376 e. The van der Waals surface area contributed by atoms with Gasteiger partial charge in [-0.15, -0.1) is 0 Å². The van der Waals surface area contributed by atoms with Crippen LogP contribution >= 0.6 is 0 Å². The molecule has 0 spiro atoms. The second-order valence-electron chi connectivity index (χ2n) is 6.30. The molecule has 2 aromatic rings. The monoisotopic (exact) mass is 327 g/mol. The molecule has 24 heavy (non-hydrogen) atoms. The van der Waals surface area contributed by atoms with Gasteiger partial charge in [-0.3, -0.25) is 4.79 Å². The average molecular weight is 327 g/mol. The second kappa shape index (κ2) is 8.11. The maximum absolute atomic E-state index is 12.5. The molecule has 0 radical (unpaired) electrons. The maximum Gasteiger partial charge on any atom is 0.225 e. The molecule has 1 aliphatic heterocycles. The van der Waals surface area contributed by atoms with Gasteiger partial charge in [0.05, 0.1) is 19.6 Å². The molecule has 1 saturated heterocycles. The van der Waals surface area contributed by atoms with Gasteiger partial charge in [-0.1, -0.05) is 30.3 Å². The molecule has 0 aliphatic carbocycles. The molecule has 5 nitrogen and oxygen atoms in total. The SMILES string of the molecule is Cc1nccn1CC1CCCN1C(=O)CCOCc1ccccc1. The van der Waals surface area contributed by atoms with Crippen molar-refractivity contribution in [3.63, 3.8) is 0 Å². The summed E-state index contributed by atoms with van der Waals surface area (Å²) in [6.45, 7) is 4.73. The Morgan fingerprint density at radius 3 is 2.92 bits per heavy atom. The van der Waals surface area contributed by atoms with Gasteiger partial charge < -0.3 is 14.2 Å². The Hall–Kier alpha value is -2.14. The number of likely N-dealkylation sites (tertiary alicyclic amines) is 1. The fourth-order valence-corrected chi connectivity index (χ4v) is 3.24. The lowest BCUT2D eigenvalue weighted by atomic mass is 10.2. The smallest absolute Gasteiger partial charge is 0.225 e. The molecule has 5 heteroatoms. The van der Waals surface area contributed by atoms with Crippen LogP contribution in [-0.4, -0.2) is 39.6 Å². The summed E-state index contributed by atoms with van der Waals surface area (Å²) in [7, 11) is 0. The highest BCUT2D eigenvalue weighted by Crippen LogP contribution is 2.20. The van der Waals surface area contributed by atoms with E-state index in [1.807, 2.05) is 54.5 Å². The van der Waals surface area contributed by atoms with E-state index in [-0.39, 0.29) is 11.9 Å². The van der Waals surface area contributed by atoms with Crippen LogP contribution in [0.4, 0.5) is 0 Å². The molecule has 1 amide bonds. The van der Waals surface area contributed by atoms with Gasteiger partial charge in [0.1, 0.15) is 5.82 Å². The first-order valence-electron chi connectivity index (χ1n) is 8.63. The quantitative estimate of drug-likeness (QED) is 0.735. The minimum atomic E-state index is 0.198. The number of amides is 1. The third-order valence-corrected chi connectivity index (χ3v) is 4.60. The highest BCUT2D eigenvalue weighted by molar-refractivity contribution is 5.76. The van der Waals surface area contributed by atoms with E-state index in [0.717, 1.165) is 37.3 Å². The van der Waals surface area contributed by atoms with E-state index >= 15 is 0 Å². The van der Waals surface area contributed by atoms with Gasteiger partial charge in [0.25, 0.3) is 0 Å². The van der Waals surface area contributed by atoms with Gasteiger partial charge in [-0.2, -0.15) is 0 Å². The van der Waals surface area contributed by atoms with Crippen LogP contribution in [-0.2, 0) is 22.7 Å². The zero-order valence-corrected chi connectivity index (χ0v) is 14.2. The van der Waals surface area contributed by atoms with Crippen molar-refractivity contribution in [2.75, 3.05) is 13.2 Å². The van der Waals surface area contributed by atoms with Crippen molar-refractivity contribution < 1.29 is 9.53 Å². The summed E-state index contributed by atoms with van der Waals surface area (Å²) in [4.78, 5) is 18.8. The Morgan fingerprint density at radius 2 is 2.17 bits per heavy atom. The lowest BCUT2D eigenvalue weighted by Crippen LogP contribution is -2.38. The molecule has 2 heterocycles. The van der Waals surface area contributed by atoms with E-state index < -0.39 is 0 Å². The predicted octanol–water partition coefficient (Wildman–Crippen LogP) is 2.79. The number of imidazole rings is 1. The molecule has 1 fully saturated rings. The number of nitrogens with zero attached hydrogens (tertiary/aromatic N) is 3. The number of hydrogen-bond donors (Lipinski definition) is 0. The van der Waals surface area contributed by atoms with Crippen LogP contribution < -0.4 is 0 Å². The molecule has 1 aromatic heterocycles. The summed E-state index contributed by atoms with van der Waals surface area (Å²) in [6.07, 6.45) is 6.39. The molecule has 1 atom stereocenters. The molecule has 0 N–H and O–H groups in total. The third-order valence-electron chi connectivity index (χ3n) is 4.60. The minimum Gasteiger partial charge on any atom is -0.376 e. The molecule has 1 aromatic carbocycles. The topological polar surface area (TPSA) is 47.4 Å². The second-order valence-corrected chi connectivity index (χ2v) is 6.30. The number of ether oxygens (including phenoxy) is 1. The Bertz CT molecular complexity index is 654. The van der Waals surface area contributed by atoms with Crippen molar-refractivity contribution in [1.29, 1.82) is 0 Å². The summed E-state index contributed by atoms with van der Waals surface area (Å²) in [5, 5.41) is 0. The summed E-state index contributed by atoms with van der Waals surface area (Å²) < 4.78 is 7.77. The highest BCUT2D eigenvalue weighted by atomic mass is 16.5. The van der Waals surface area contributed by atoms with Crippen LogP contribution in [0.3, 0.4) is 0 Å². The van der Waals surface area contributed by atoms with Crippen LogP contribution in [0.1, 0.15) is 30.7 Å². The van der Waals surface area contributed by atoms with Crippen molar-refractivity contribution in [2.24, 2.45) is 0 Å². The standard InChI is InChI=1S/C19H25N3O2/c1-16-20-10-12-21(16)14-18-8-5-11-22(18)19(23)9-13-24-15-17-6-3-2-4-7-17/h2-4,6-7,10,12,18H,5,8-9,11,13-15H2,1H3. The molecular formula is C19H25N3O2. The van der Waals surface area contributed by atoms with E-state index in [2.05, 4.69) is 9.55 Å². The first-order valence-corrected chi connectivity index (χ1v) is 8.63. The Labute approximate surface area is 143 Å². The number of carbonyl (C=O) groups excluding carboxylic acids is 1. The number of hydrogen-bond acceptors (Lipinski definition) is 3. The van der Waals surface area contributed by atoms with Crippen LogP contribution in [0, 0.1) is 6.92 Å². The molecule has 3 rings (SSSR count). The summed E-state index contributed by atoms with van der Waals surface area (Å²) in [5.41, 5.74) is 1.14. The fraction of sp³-hybridized carbons (Fsp3) is 0.474. The van der Waals surface area contributed by atoms with Crippen molar-refractivity contribution in [1.82, 2.24) is 14.5 Å². The maximum atomic E-state index is 12.5. The van der Waals surface area contributed by atoms with Crippen LogP contribution in [0.15, 0.2) is 42.7 Å². The molecule has 1 unspecified atom stereocenters. The van der Waals surface area contributed by atoms with E-state index in [0.29, 0.717) is 19.6 Å². The Morgan fingerprint density at radius 1 is 1.33 bits per heavy atom. The minimum absolute atomic E-state index is 0.198. The number of rotatable bonds is 7. The van der Waals surface area contributed by atoms with Gasteiger partial charge in [0, 0.05) is 31.5 Å². The number of carbonyl (C=O) groups is 1. The van der Waals surface area contributed by atoms with Gasteiger partial charge >= 0.3 is 0 Å². The van der Waals surface area contributed by atoms with Crippen molar-refractivity contribution in [3.05, 3.63) is 54.1 Å². The van der Waals surface area contributed by atoms with Gasteiger partial charge in [-0.05, 0) is 25.3 Å². The number of benzene rings is 1. The van der Waals surface area contributed by atoms with Crippen molar-refractivity contribution >= 4 is 5.91 Å². The van der Waals surface area contributed by atoms with E-state index in [9.17, 15) is 4.79 Å². The third kappa shape index (κ3) is 4.23. The normalized spacial score (nSPS) is 17.4. The summed E-state index contributed by atoms with van der Waals surface area (Å²) in [5.74, 6) is 1.20. The van der Waals surface area contributed by atoms with Crippen molar-refractivity contribution in [3.8, 4) is 0 Å². The molecule has 0 bridgehead atoms. The summed E-state index contributed by atoms with van der Waals surface area (Å²) in [6, 6.07) is 10.3. The lowest BCUT2D eigenvalue weighted by Gasteiger charge is -2.25. The molecule has 128 valence electrons. The molecular weight excluding hydrogens is 302 g/mol. The number of aryl methyl sites for hydroxylation is 1. The first kappa shape index (κ1) is 16.7. The number of aromatic nitrogens is 2. The molecule has 1 aliphatic rings. The van der Waals surface area contributed by atoms with Crippen LogP contribution in [0.2, 0.25) is 0 Å². The van der Waals surface area contributed by atoms with E-state index in [1.165, 1.54) is 0 Å². The zero-order valence-electron chi connectivity index (χ0n) is 14.2. The predicted molar refractivity (Wildman–Crippen MR) is 92.4 cm³/mol. The van der Waals surface area contributed by atoms with Gasteiger partial charge in [0.15, 0.2) is 0 Å². The fourth-order valence-electron chi connectivity index (χ4n) is 3.24. The Balaban J connectivity index is 1.44. The van der Waals surface area contributed by atoms with E-state index in [1.54, 1.807) is 0 Å². The highest BCUT2D eigenvalue weighted by Gasteiger charge is 2.28. The lowest BCUT2D eigenvalue weighted by molar-refractivity contribution is -0.133. The van der Waals surface area contributed by atoms with E-state index in [4.69, 9.17) is 4.74 Å². The molecule has 0 saturated carbocycles. The van der Waals surface area contributed by atoms with Crippen LogP contribution in [0.25, 0.3) is 0 Å². The average Bonchev–Trinajstić information content (AvgIpc) is 3.22. The van der Waals surface area contributed by atoms with Gasteiger partial charge in [-0.25, -0.2) is 4.98 Å². The van der Waals surface area contributed by atoms with Crippen molar-refractivity contribution in [2.45, 2.75) is 45.4 Å².